The standard InChI is InChI=1S/C13H19N3O3/c1-18-11-7-10(8-12(9-11)19-2)14-3-5-16-6-4-15-13(16)17/h7-9,14H,3-6H2,1-2H3,(H,15,17). The van der Waals surface area contributed by atoms with Gasteiger partial charge in [-0.2, -0.15) is 0 Å². The highest BCUT2D eigenvalue weighted by molar-refractivity contribution is 5.76. The molecule has 1 aliphatic heterocycles. The van der Waals surface area contributed by atoms with Gasteiger partial charge in [-0.1, -0.05) is 0 Å². The number of ether oxygens (including phenoxy) is 2. The normalized spacial score (nSPS) is 14.2. The second kappa shape index (κ2) is 6.17. The monoisotopic (exact) mass is 265 g/mol. The minimum Gasteiger partial charge on any atom is -0.497 e. The van der Waals surface area contributed by atoms with Crippen LogP contribution in [0, 0.1) is 0 Å². The van der Waals surface area contributed by atoms with Gasteiger partial charge >= 0.3 is 6.03 Å². The Hall–Kier alpha value is -2.11. The molecule has 2 amide bonds. The molecule has 1 aromatic rings. The van der Waals surface area contributed by atoms with Gasteiger partial charge in [0.15, 0.2) is 0 Å². The number of carbonyl (C=O) groups excluding carboxylic acids is 1. The van der Waals surface area contributed by atoms with Crippen LogP contribution in [0.2, 0.25) is 0 Å². The van der Waals surface area contributed by atoms with Crippen molar-refractivity contribution >= 4 is 11.7 Å². The number of amides is 2. The minimum absolute atomic E-state index is 0.00465. The van der Waals surface area contributed by atoms with Gasteiger partial charge in [-0.25, -0.2) is 4.79 Å². The lowest BCUT2D eigenvalue weighted by Crippen LogP contribution is -2.32. The van der Waals surface area contributed by atoms with E-state index in [0.717, 1.165) is 30.3 Å². The summed E-state index contributed by atoms with van der Waals surface area (Å²) in [4.78, 5) is 13.1. The summed E-state index contributed by atoms with van der Waals surface area (Å²) in [6.45, 7) is 2.85. The highest BCUT2D eigenvalue weighted by Gasteiger charge is 2.18. The fourth-order valence-electron chi connectivity index (χ4n) is 1.97. The van der Waals surface area contributed by atoms with Crippen molar-refractivity contribution in [2.45, 2.75) is 0 Å². The Bertz CT molecular complexity index is 429. The van der Waals surface area contributed by atoms with Crippen molar-refractivity contribution in [2.75, 3.05) is 45.7 Å². The first kappa shape index (κ1) is 13.3. The van der Waals surface area contributed by atoms with Crippen LogP contribution in [0.4, 0.5) is 10.5 Å². The molecule has 0 aliphatic carbocycles. The smallest absolute Gasteiger partial charge is 0.317 e. The van der Waals surface area contributed by atoms with E-state index in [0.29, 0.717) is 13.1 Å². The zero-order valence-electron chi connectivity index (χ0n) is 11.2. The molecule has 0 atom stereocenters. The zero-order chi connectivity index (χ0) is 13.7. The lowest BCUT2D eigenvalue weighted by Gasteiger charge is -2.15. The molecule has 0 bridgehead atoms. The number of hydrogen-bond acceptors (Lipinski definition) is 4. The molecule has 19 heavy (non-hydrogen) atoms. The fraction of sp³-hybridized carbons (Fsp3) is 0.462. The molecule has 2 rings (SSSR count). The number of carbonyl (C=O) groups is 1. The van der Waals surface area contributed by atoms with Gasteiger partial charge in [-0.05, 0) is 0 Å². The lowest BCUT2D eigenvalue weighted by molar-refractivity contribution is 0.219. The molecular weight excluding hydrogens is 246 g/mol. The molecule has 0 unspecified atom stereocenters. The number of hydrogen-bond donors (Lipinski definition) is 2. The molecule has 6 heteroatoms. The van der Waals surface area contributed by atoms with Crippen molar-refractivity contribution in [1.82, 2.24) is 10.2 Å². The number of anilines is 1. The maximum absolute atomic E-state index is 11.4. The SMILES string of the molecule is COc1cc(NCCN2CCNC2=O)cc(OC)c1. The average Bonchev–Trinajstić information content (AvgIpc) is 2.84. The van der Waals surface area contributed by atoms with Crippen LogP contribution in [0.3, 0.4) is 0 Å². The third kappa shape index (κ3) is 3.43. The van der Waals surface area contributed by atoms with Gasteiger partial charge in [0.2, 0.25) is 0 Å². The maximum atomic E-state index is 11.4. The molecule has 1 aromatic carbocycles. The third-order valence-corrected chi connectivity index (χ3v) is 3.01. The number of urea groups is 1. The van der Waals surface area contributed by atoms with Crippen molar-refractivity contribution < 1.29 is 14.3 Å². The molecule has 0 aromatic heterocycles. The van der Waals surface area contributed by atoms with Gasteiger partial charge in [-0.15, -0.1) is 0 Å². The van der Waals surface area contributed by atoms with E-state index in [2.05, 4.69) is 10.6 Å². The summed E-state index contributed by atoms with van der Waals surface area (Å²) in [7, 11) is 3.24. The molecule has 0 radical (unpaired) electrons. The Morgan fingerprint density at radius 2 is 1.95 bits per heavy atom. The van der Waals surface area contributed by atoms with Crippen LogP contribution in [0.25, 0.3) is 0 Å². The van der Waals surface area contributed by atoms with Crippen molar-refractivity contribution in [1.29, 1.82) is 0 Å². The first-order valence-electron chi connectivity index (χ1n) is 6.22. The molecule has 6 nitrogen and oxygen atoms in total. The fourth-order valence-corrected chi connectivity index (χ4v) is 1.97. The van der Waals surface area contributed by atoms with E-state index in [4.69, 9.17) is 9.47 Å². The lowest BCUT2D eigenvalue weighted by atomic mass is 10.2. The Morgan fingerprint density at radius 1 is 1.26 bits per heavy atom. The molecule has 1 aliphatic rings. The van der Waals surface area contributed by atoms with Gasteiger partial charge in [0.05, 0.1) is 14.2 Å². The highest BCUT2D eigenvalue weighted by atomic mass is 16.5. The van der Waals surface area contributed by atoms with Crippen LogP contribution >= 0.6 is 0 Å². The number of nitrogens with zero attached hydrogens (tertiary/aromatic N) is 1. The molecule has 1 heterocycles. The van der Waals surface area contributed by atoms with E-state index in [9.17, 15) is 4.79 Å². The Morgan fingerprint density at radius 3 is 2.47 bits per heavy atom. The van der Waals surface area contributed by atoms with Crippen LogP contribution in [0.1, 0.15) is 0 Å². The largest absolute Gasteiger partial charge is 0.497 e. The van der Waals surface area contributed by atoms with Gasteiger partial charge in [0, 0.05) is 50.1 Å². The number of rotatable bonds is 6. The molecule has 2 N–H and O–H groups in total. The second-order valence-corrected chi connectivity index (χ2v) is 4.25. The van der Waals surface area contributed by atoms with Crippen LogP contribution in [0.15, 0.2) is 18.2 Å². The number of methoxy groups -OCH3 is 2. The summed E-state index contributed by atoms with van der Waals surface area (Å²) in [5, 5.41) is 6.03. The van der Waals surface area contributed by atoms with E-state index < -0.39 is 0 Å². The van der Waals surface area contributed by atoms with E-state index in [1.165, 1.54) is 0 Å². The predicted molar refractivity (Wildman–Crippen MR) is 73.0 cm³/mol. The first-order chi connectivity index (χ1) is 9.22. The first-order valence-corrected chi connectivity index (χ1v) is 6.22. The van der Waals surface area contributed by atoms with Crippen LogP contribution in [-0.4, -0.2) is 51.3 Å². The van der Waals surface area contributed by atoms with Crippen molar-refractivity contribution in [3.05, 3.63) is 18.2 Å². The highest BCUT2D eigenvalue weighted by Crippen LogP contribution is 2.25. The topological polar surface area (TPSA) is 62.8 Å². The average molecular weight is 265 g/mol. The van der Waals surface area contributed by atoms with Crippen molar-refractivity contribution in [3.8, 4) is 11.5 Å². The minimum atomic E-state index is 0.00465. The van der Waals surface area contributed by atoms with E-state index in [1.807, 2.05) is 18.2 Å². The van der Waals surface area contributed by atoms with E-state index in [-0.39, 0.29) is 6.03 Å². The molecule has 0 spiro atoms. The van der Waals surface area contributed by atoms with Crippen molar-refractivity contribution in [2.24, 2.45) is 0 Å². The summed E-state index contributed by atoms with van der Waals surface area (Å²) in [5.74, 6) is 1.47. The quantitative estimate of drug-likeness (QED) is 0.809. The zero-order valence-corrected chi connectivity index (χ0v) is 11.2. The summed E-state index contributed by atoms with van der Waals surface area (Å²) in [6, 6.07) is 5.61. The van der Waals surface area contributed by atoms with Gasteiger partial charge in [-0.3, -0.25) is 0 Å². The summed E-state index contributed by atoms with van der Waals surface area (Å²) < 4.78 is 10.4. The van der Waals surface area contributed by atoms with E-state index in [1.54, 1.807) is 19.1 Å². The predicted octanol–water partition coefficient (Wildman–Crippen LogP) is 1.14. The molecule has 1 saturated heterocycles. The Balaban J connectivity index is 1.89. The number of benzene rings is 1. The van der Waals surface area contributed by atoms with Gasteiger partial charge < -0.3 is 25.0 Å². The molecular formula is C13H19N3O3. The summed E-state index contributed by atoms with van der Waals surface area (Å²) >= 11 is 0. The Kier molecular flexibility index (Phi) is 4.33. The van der Waals surface area contributed by atoms with Gasteiger partial charge in [0.25, 0.3) is 0 Å². The summed E-state index contributed by atoms with van der Waals surface area (Å²) in [6.07, 6.45) is 0. The Labute approximate surface area is 112 Å². The molecule has 1 fully saturated rings. The van der Waals surface area contributed by atoms with E-state index >= 15 is 0 Å². The van der Waals surface area contributed by atoms with Crippen LogP contribution in [0.5, 0.6) is 11.5 Å². The van der Waals surface area contributed by atoms with Crippen LogP contribution < -0.4 is 20.1 Å². The second-order valence-electron chi connectivity index (χ2n) is 4.25. The molecule has 104 valence electrons. The van der Waals surface area contributed by atoms with Gasteiger partial charge in [0.1, 0.15) is 11.5 Å². The summed E-state index contributed by atoms with van der Waals surface area (Å²) in [5.41, 5.74) is 0.913. The van der Waals surface area contributed by atoms with Crippen LogP contribution in [-0.2, 0) is 0 Å². The molecule has 0 saturated carbocycles. The van der Waals surface area contributed by atoms with Crippen molar-refractivity contribution in [3.63, 3.8) is 0 Å². The maximum Gasteiger partial charge on any atom is 0.317 e. The number of nitrogens with one attached hydrogen (secondary N) is 2. The third-order valence-electron chi connectivity index (χ3n) is 3.01.